The van der Waals surface area contributed by atoms with Crippen molar-refractivity contribution in [3.8, 4) is 11.5 Å². The van der Waals surface area contributed by atoms with E-state index < -0.39 is 5.91 Å². The van der Waals surface area contributed by atoms with Crippen LogP contribution in [-0.4, -0.2) is 36.8 Å². The molecule has 0 fully saturated rings. The van der Waals surface area contributed by atoms with Crippen molar-refractivity contribution in [3.63, 3.8) is 0 Å². The summed E-state index contributed by atoms with van der Waals surface area (Å²) in [5.74, 6) is 0.0321. The number of aromatic hydroxyl groups is 1. The summed E-state index contributed by atoms with van der Waals surface area (Å²) < 4.78 is 5.06. The first-order valence-corrected chi connectivity index (χ1v) is 9.52. The predicted molar refractivity (Wildman–Crippen MR) is 106 cm³/mol. The van der Waals surface area contributed by atoms with Gasteiger partial charge in [0.1, 0.15) is 11.5 Å². The lowest BCUT2D eigenvalue weighted by Crippen LogP contribution is -2.34. The Morgan fingerprint density at radius 2 is 1.81 bits per heavy atom. The third-order valence-electron chi connectivity index (χ3n) is 4.08. The molecule has 0 aliphatic heterocycles. The third-order valence-corrected chi connectivity index (χ3v) is 4.08. The molecule has 0 bridgehead atoms. The first-order chi connectivity index (χ1) is 13.1. The molecule has 7 nitrogen and oxygen atoms in total. The number of hydrogen-bond donors (Lipinski definition) is 3. The van der Waals surface area contributed by atoms with Crippen molar-refractivity contribution in [1.29, 1.82) is 0 Å². The average Bonchev–Trinajstić information content (AvgIpc) is 2.67. The van der Waals surface area contributed by atoms with Crippen LogP contribution >= 0.6 is 0 Å². The molecule has 0 saturated carbocycles. The van der Waals surface area contributed by atoms with E-state index in [1.807, 2.05) is 0 Å². The molecule has 1 rings (SSSR count). The molecule has 0 spiro atoms. The number of nitrogens with zero attached hydrogens (tertiary/aromatic N) is 1. The van der Waals surface area contributed by atoms with Gasteiger partial charge in [0.25, 0.3) is 5.91 Å². The number of amides is 2. The standard InChI is InChI=1S/C20H31N3O4/c1-3-4-5-6-7-8-9-10-19(25)21-15-20(26)23-22-14-16-13-17(27-2)11-12-18(16)24/h11-14,24H,3-10,15H2,1-2H3,(H,21,25)(H,23,26). The summed E-state index contributed by atoms with van der Waals surface area (Å²) in [5, 5.41) is 16.1. The van der Waals surface area contributed by atoms with Gasteiger partial charge < -0.3 is 15.2 Å². The molecule has 7 heteroatoms. The van der Waals surface area contributed by atoms with Gasteiger partial charge in [0.2, 0.25) is 5.91 Å². The Morgan fingerprint density at radius 1 is 1.11 bits per heavy atom. The fourth-order valence-corrected chi connectivity index (χ4v) is 2.49. The fourth-order valence-electron chi connectivity index (χ4n) is 2.49. The highest BCUT2D eigenvalue weighted by Gasteiger charge is 2.05. The molecule has 150 valence electrons. The van der Waals surface area contributed by atoms with Crippen LogP contribution in [0.4, 0.5) is 0 Å². The molecule has 27 heavy (non-hydrogen) atoms. The number of methoxy groups -OCH3 is 1. The second kappa shape index (κ2) is 13.6. The highest BCUT2D eigenvalue weighted by Crippen LogP contribution is 2.20. The molecular weight excluding hydrogens is 346 g/mol. The maximum atomic E-state index is 11.7. The van der Waals surface area contributed by atoms with Crippen molar-refractivity contribution in [3.05, 3.63) is 23.8 Å². The molecule has 0 atom stereocenters. The van der Waals surface area contributed by atoms with Gasteiger partial charge in [-0.3, -0.25) is 9.59 Å². The van der Waals surface area contributed by atoms with E-state index in [9.17, 15) is 14.7 Å². The van der Waals surface area contributed by atoms with Crippen molar-refractivity contribution in [2.24, 2.45) is 5.10 Å². The first-order valence-electron chi connectivity index (χ1n) is 9.52. The minimum atomic E-state index is -0.429. The zero-order valence-corrected chi connectivity index (χ0v) is 16.3. The van der Waals surface area contributed by atoms with Gasteiger partial charge in [-0.2, -0.15) is 5.10 Å². The molecule has 0 radical (unpaired) electrons. The summed E-state index contributed by atoms with van der Waals surface area (Å²) in [5.41, 5.74) is 2.73. The summed E-state index contributed by atoms with van der Waals surface area (Å²) in [6.45, 7) is 2.06. The number of benzene rings is 1. The van der Waals surface area contributed by atoms with Crippen LogP contribution in [0.5, 0.6) is 11.5 Å². The van der Waals surface area contributed by atoms with Crippen molar-refractivity contribution in [1.82, 2.24) is 10.7 Å². The molecule has 0 heterocycles. The monoisotopic (exact) mass is 377 g/mol. The number of hydrogen-bond acceptors (Lipinski definition) is 5. The minimum absolute atomic E-state index is 0.0248. The molecule has 1 aromatic rings. The predicted octanol–water partition coefficient (Wildman–Crippen LogP) is 3.11. The van der Waals surface area contributed by atoms with Gasteiger partial charge in [-0.1, -0.05) is 45.4 Å². The molecule has 0 unspecified atom stereocenters. The largest absolute Gasteiger partial charge is 0.507 e. The zero-order chi connectivity index (χ0) is 19.9. The summed E-state index contributed by atoms with van der Waals surface area (Å²) in [4.78, 5) is 23.4. The first kappa shape index (κ1) is 22.5. The van der Waals surface area contributed by atoms with Gasteiger partial charge >= 0.3 is 0 Å². The van der Waals surface area contributed by atoms with E-state index in [4.69, 9.17) is 4.74 Å². The van der Waals surface area contributed by atoms with Gasteiger partial charge in [-0.25, -0.2) is 5.43 Å². The number of rotatable bonds is 13. The number of hydrazone groups is 1. The van der Waals surface area contributed by atoms with Crippen LogP contribution < -0.4 is 15.5 Å². The van der Waals surface area contributed by atoms with E-state index in [1.165, 1.54) is 45.1 Å². The Bertz CT molecular complexity index is 617. The molecule has 1 aromatic carbocycles. The average molecular weight is 377 g/mol. The van der Waals surface area contributed by atoms with Crippen LogP contribution in [-0.2, 0) is 9.59 Å². The highest BCUT2D eigenvalue weighted by atomic mass is 16.5. The van der Waals surface area contributed by atoms with Gasteiger partial charge in [-0.05, 0) is 24.6 Å². The van der Waals surface area contributed by atoms with E-state index >= 15 is 0 Å². The van der Waals surface area contributed by atoms with Gasteiger partial charge in [0.15, 0.2) is 0 Å². The van der Waals surface area contributed by atoms with E-state index in [1.54, 1.807) is 12.1 Å². The number of phenols is 1. The quantitative estimate of drug-likeness (QED) is 0.279. The highest BCUT2D eigenvalue weighted by molar-refractivity contribution is 5.87. The normalized spacial score (nSPS) is 10.7. The SMILES string of the molecule is CCCCCCCCCC(=O)NCC(=O)NN=Cc1cc(OC)ccc1O. The van der Waals surface area contributed by atoms with Crippen molar-refractivity contribution < 1.29 is 19.4 Å². The van der Waals surface area contributed by atoms with Crippen molar-refractivity contribution >= 4 is 18.0 Å². The van der Waals surface area contributed by atoms with Crippen LogP contribution in [0.2, 0.25) is 0 Å². The van der Waals surface area contributed by atoms with Crippen LogP contribution in [0.25, 0.3) is 0 Å². The summed E-state index contributed by atoms with van der Waals surface area (Å²) >= 11 is 0. The third kappa shape index (κ3) is 10.2. The van der Waals surface area contributed by atoms with Crippen LogP contribution in [0.3, 0.4) is 0 Å². The number of carbonyl (C=O) groups excluding carboxylic acids is 2. The summed E-state index contributed by atoms with van der Waals surface area (Å²) in [6, 6.07) is 4.69. The molecule has 0 aromatic heterocycles. The van der Waals surface area contributed by atoms with E-state index in [0.717, 1.165) is 19.3 Å². The smallest absolute Gasteiger partial charge is 0.259 e. The Kier molecular flexibility index (Phi) is 11.3. The second-order valence-electron chi connectivity index (χ2n) is 6.37. The van der Waals surface area contributed by atoms with Gasteiger partial charge in [0.05, 0.1) is 19.9 Å². The Labute approximate surface area is 161 Å². The lowest BCUT2D eigenvalue weighted by Gasteiger charge is -2.05. The Morgan fingerprint density at radius 3 is 2.52 bits per heavy atom. The Hall–Kier alpha value is -2.57. The molecule has 0 aliphatic carbocycles. The lowest BCUT2D eigenvalue weighted by atomic mass is 10.1. The molecule has 3 N–H and O–H groups in total. The fraction of sp³-hybridized carbons (Fsp3) is 0.550. The van der Waals surface area contributed by atoms with Gasteiger partial charge in [-0.15, -0.1) is 0 Å². The maximum Gasteiger partial charge on any atom is 0.259 e. The number of carbonyl (C=O) groups is 2. The van der Waals surface area contributed by atoms with Crippen LogP contribution in [0.1, 0.15) is 63.9 Å². The molecule has 0 aliphatic rings. The number of nitrogens with one attached hydrogen (secondary N) is 2. The van der Waals surface area contributed by atoms with E-state index in [0.29, 0.717) is 17.7 Å². The second-order valence-corrected chi connectivity index (χ2v) is 6.37. The molecule has 2 amide bonds. The molecular formula is C20H31N3O4. The lowest BCUT2D eigenvalue weighted by molar-refractivity contribution is -0.126. The number of phenolic OH excluding ortho intramolecular Hbond substituents is 1. The minimum Gasteiger partial charge on any atom is -0.507 e. The van der Waals surface area contributed by atoms with Gasteiger partial charge in [0, 0.05) is 12.0 Å². The number of ether oxygens (including phenoxy) is 1. The van der Waals surface area contributed by atoms with E-state index in [2.05, 4.69) is 22.8 Å². The summed E-state index contributed by atoms with van der Waals surface area (Å²) in [7, 11) is 1.52. The Balaban J connectivity index is 2.18. The number of unbranched alkanes of at least 4 members (excludes halogenated alkanes) is 6. The zero-order valence-electron chi connectivity index (χ0n) is 16.3. The van der Waals surface area contributed by atoms with Crippen molar-refractivity contribution in [2.75, 3.05) is 13.7 Å². The van der Waals surface area contributed by atoms with Crippen LogP contribution in [0, 0.1) is 0 Å². The topological polar surface area (TPSA) is 100 Å². The summed E-state index contributed by atoms with van der Waals surface area (Å²) in [6.07, 6.45) is 9.77. The molecule has 0 saturated heterocycles. The van der Waals surface area contributed by atoms with Crippen molar-refractivity contribution in [2.45, 2.75) is 58.3 Å². The maximum absolute atomic E-state index is 11.7. The van der Waals surface area contributed by atoms with Crippen LogP contribution in [0.15, 0.2) is 23.3 Å². The van der Waals surface area contributed by atoms with E-state index in [-0.39, 0.29) is 18.2 Å².